The lowest BCUT2D eigenvalue weighted by Crippen LogP contribution is -2.20. The number of amides is 2. The summed E-state index contributed by atoms with van der Waals surface area (Å²) in [5.74, 6) is -0.963. The summed E-state index contributed by atoms with van der Waals surface area (Å²) in [4.78, 5) is 11.9. The summed E-state index contributed by atoms with van der Waals surface area (Å²) < 4.78 is 26.4. The first-order valence-electron chi connectivity index (χ1n) is 7.70. The number of aromatic nitrogens is 2. The minimum atomic E-state index is -0.848. The Morgan fingerprint density at radius 2 is 1.62 bits per heavy atom. The largest absolute Gasteiger partial charge is 0.339 e. The van der Waals surface area contributed by atoms with E-state index < -0.39 is 17.7 Å². The highest BCUT2D eigenvalue weighted by Gasteiger charge is 2.08. The Kier molecular flexibility index (Phi) is 5.02. The molecule has 0 atom stereocenters. The van der Waals surface area contributed by atoms with E-state index in [1.807, 2.05) is 13.0 Å². The average molecular weight is 355 g/mol. The second kappa shape index (κ2) is 7.56. The van der Waals surface area contributed by atoms with E-state index in [0.717, 1.165) is 23.5 Å². The minimum Gasteiger partial charge on any atom is -0.339 e. The number of hydrogen-bond donors (Lipinski definition) is 3. The number of carbonyl (C=O) groups is 1. The molecular formula is C18H15F2N5O. The Morgan fingerprint density at radius 1 is 0.885 bits per heavy atom. The molecule has 2 amide bonds. The second-order valence-corrected chi connectivity index (χ2v) is 5.47. The molecule has 0 unspecified atom stereocenters. The molecule has 0 spiro atoms. The molecule has 0 saturated heterocycles. The van der Waals surface area contributed by atoms with Gasteiger partial charge in [0.2, 0.25) is 0 Å². The van der Waals surface area contributed by atoms with Gasteiger partial charge >= 0.3 is 6.03 Å². The number of nitrogens with one attached hydrogen (secondary N) is 3. The Bertz CT molecular complexity index is 914. The Morgan fingerprint density at radius 3 is 2.27 bits per heavy atom. The maximum atomic E-state index is 13.5. The maximum absolute atomic E-state index is 13.5. The number of benzene rings is 2. The molecule has 6 nitrogen and oxygen atoms in total. The van der Waals surface area contributed by atoms with Gasteiger partial charge in [0.25, 0.3) is 0 Å². The fourth-order valence-electron chi connectivity index (χ4n) is 2.13. The van der Waals surface area contributed by atoms with Crippen molar-refractivity contribution < 1.29 is 13.6 Å². The van der Waals surface area contributed by atoms with E-state index in [2.05, 4.69) is 26.1 Å². The topological polar surface area (TPSA) is 78.9 Å². The molecule has 0 aliphatic heterocycles. The Balaban J connectivity index is 1.59. The predicted octanol–water partition coefficient (Wildman–Crippen LogP) is 4.45. The third-order valence-electron chi connectivity index (χ3n) is 3.39. The summed E-state index contributed by atoms with van der Waals surface area (Å²) in [6, 6.07) is 12.8. The SMILES string of the molecule is Cc1ccc(Nc2ccc(NC(=O)Nc3ccc(F)cc3F)cc2)nn1. The molecule has 132 valence electrons. The molecule has 3 N–H and O–H groups in total. The zero-order valence-corrected chi connectivity index (χ0v) is 13.8. The van der Waals surface area contributed by atoms with Crippen LogP contribution in [0.25, 0.3) is 0 Å². The van der Waals surface area contributed by atoms with Gasteiger partial charge in [0.1, 0.15) is 11.6 Å². The van der Waals surface area contributed by atoms with Gasteiger partial charge in [-0.25, -0.2) is 13.6 Å². The smallest absolute Gasteiger partial charge is 0.323 e. The Hall–Kier alpha value is -3.55. The van der Waals surface area contributed by atoms with Gasteiger partial charge < -0.3 is 16.0 Å². The monoisotopic (exact) mass is 355 g/mol. The molecule has 1 aromatic heterocycles. The summed E-state index contributed by atoms with van der Waals surface area (Å²) in [5, 5.41) is 15.9. The van der Waals surface area contributed by atoms with Crippen LogP contribution < -0.4 is 16.0 Å². The van der Waals surface area contributed by atoms with Crippen LogP contribution in [0, 0.1) is 18.6 Å². The van der Waals surface area contributed by atoms with E-state index >= 15 is 0 Å². The van der Waals surface area contributed by atoms with E-state index in [9.17, 15) is 13.6 Å². The van der Waals surface area contributed by atoms with Gasteiger partial charge in [0.05, 0.1) is 11.4 Å². The molecule has 3 aromatic rings. The molecule has 0 radical (unpaired) electrons. The molecule has 2 aromatic carbocycles. The number of rotatable bonds is 4. The van der Waals surface area contributed by atoms with Gasteiger partial charge in [-0.15, -0.1) is 5.10 Å². The number of halogens is 2. The van der Waals surface area contributed by atoms with E-state index in [-0.39, 0.29) is 5.69 Å². The molecule has 0 aliphatic carbocycles. The van der Waals surface area contributed by atoms with Crippen LogP contribution >= 0.6 is 0 Å². The minimum absolute atomic E-state index is 0.111. The van der Waals surface area contributed by atoms with Crippen LogP contribution in [0.4, 0.5) is 36.5 Å². The van der Waals surface area contributed by atoms with Crippen molar-refractivity contribution in [3.63, 3.8) is 0 Å². The van der Waals surface area contributed by atoms with Crippen LogP contribution in [-0.2, 0) is 0 Å². The second-order valence-electron chi connectivity index (χ2n) is 5.47. The van der Waals surface area contributed by atoms with Crippen LogP contribution in [-0.4, -0.2) is 16.2 Å². The van der Waals surface area contributed by atoms with Crippen LogP contribution in [0.2, 0.25) is 0 Å². The molecule has 3 rings (SSSR count). The van der Waals surface area contributed by atoms with E-state index in [1.54, 1.807) is 30.3 Å². The van der Waals surface area contributed by atoms with Crippen molar-refractivity contribution in [1.82, 2.24) is 10.2 Å². The average Bonchev–Trinajstić information content (AvgIpc) is 2.61. The summed E-state index contributed by atoms with van der Waals surface area (Å²) in [6.07, 6.45) is 0. The lowest BCUT2D eigenvalue weighted by atomic mass is 10.2. The summed E-state index contributed by atoms with van der Waals surface area (Å²) in [6.45, 7) is 1.85. The van der Waals surface area contributed by atoms with Crippen LogP contribution in [0.3, 0.4) is 0 Å². The molecule has 0 aliphatic rings. The predicted molar refractivity (Wildman–Crippen MR) is 95.5 cm³/mol. The summed E-state index contributed by atoms with van der Waals surface area (Å²) >= 11 is 0. The van der Waals surface area contributed by atoms with Crippen molar-refractivity contribution in [3.05, 3.63) is 71.9 Å². The van der Waals surface area contributed by atoms with Crippen LogP contribution in [0.5, 0.6) is 0 Å². The first kappa shape index (κ1) is 17.3. The molecular weight excluding hydrogens is 340 g/mol. The first-order valence-corrected chi connectivity index (χ1v) is 7.70. The lowest BCUT2D eigenvalue weighted by Gasteiger charge is -2.10. The van der Waals surface area contributed by atoms with Crippen LogP contribution in [0.1, 0.15) is 5.69 Å². The van der Waals surface area contributed by atoms with Crippen molar-refractivity contribution >= 4 is 28.9 Å². The highest BCUT2D eigenvalue weighted by atomic mass is 19.1. The zero-order valence-electron chi connectivity index (χ0n) is 13.8. The van der Waals surface area contributed by atoms with Crippen molar-refractivity contribution in [3.8, 4) is 0 Å². The number of hydrogen-bond acceptors (Lipinski definition) is 4. The third-order valence-corrected chi connectivity index (χ3v) is 3.39. The molecule has 0 bridgehead atoms. The third kappa shape index (κ3) is 4.50. The van der Waals surface area contributed by atoms with E-state index in [1.165, 1.54) is 0 Å². The van der Waals surface area contributed by atoms with Gasteiger partial charge in [0, 0.05) is 17.4 Å². The van der Waals surface area contributed by atoms with Gasteiger partial charge in [-0.05, 0) is 55.5 Å². The van der Waals surface area contributed by atoms with E-state index in [4.69, 9.17) is 0 Å². The maximum Gasteiger partial charge on any atom is 0.323 e. The number of urea groups is 1. The summed E-state index contributed by atoms with van der Waals surface area (Å²) in [7, 11) is 0. The standard InChI is InChI=1S/C18H15F2N5O/c1-11-2-9-17(25-24-11)21-13-4-6-14(7-5-13)22-18(26)23-16-8-3-12(19)10-15(16)20/h2-10H,1H3,(H,21,25)(H2,22,23,26). The molecule has 1 heterocycles. The first-order chi connectivity index (χ1) is 12.5. The number of nitrogens with zero attached hydrogens (tertiary/aromatic N) is 2. The summed E-state index contributed by atoms with van der Waals surface area (Å²) in [5.41, 5.74) is 1.98. The quantitative estimate of drug-likeness (QED) is 0.646. The van der Waals surface area contributed by atoms with Crippen molar-refractivity contribution in [2.75, 3.05) is 16.0 Å². The molecule has 0 fully saturated rings. The molecule has 8 heteroatoms. The fourth-order valence-corrected chi connectivity index (χ4v) is 2.13. The van der Waals surface area contributed by atoms with Gasteiger partial charge in [0.15, 0.2) is 5.82 Å². The molecule has 26 heavy (non-hydrogen) atoms. The van der Waals surface area contributed by atoms with E-state index in [0.29, 0.717) is 17.6 Å². The molecule has 0 saturated carbocycles. The number of anilines is 4. The van der Waals surface area contributed by atoms with Crippen molar-refractivity contribution in [2.45, 2.75) is 6.92 Å². The van der Waals surface area contributed by atoms with Gasteiger partial charge in [-0.1, -0.05) is 0 Å². The zero-order chi connectivity index (χ0) is 18.5. The van der Waals surface area contributed by atoms with Crippen molar-refractivity contribution in [2.24, 2.45) is 0 Å². The van der Waals surface area contributed by atoms with Gasteiger partial charge in [-0.3, -0.25) is 0 Å². The van der Waals surface area contributed by atoms with Crippen LogP contribution in [0.15, 0.2) is 54.6 Å². The number of aryl methyl sites for hydroxylation is 1. The normalized spacial score (nSPS) is 10.3. The van der Waals surface area contributed by atoms with Crippen molar-refractivity contribution in [1.29, 1.82) is 0 Å². The Labute approximate surface area is 148 Å². The highest BCUT2D eigenvalue weighted by molar-refractivity contribution is 5.99. The fraction of sp³-hybridized carbons (Fsp3) is 0.0556. The number of carbonyl (C=O) groups excluding carboxylic acids is 1. The van der Waals surface area contributed by atoms with Gasteiger partial charge in [-0.2, -0.15) is 5.10 Å². The lowest BCUT2D eigenvalue weighted by molar-refractivity contribution is 0.262. The highest BCUT2D eigenvalue weighted by Crippen LogP contribution is 2.18.